The number of hydrogen-bond donors (Lipinski definition) is 3. The third-order valence-electron chi connectivity index (χ3n) is 2.89. The number of anilines is 3. The molecule has 2 rings (SSSR count). The number of urea groups is 1. The maximum atomic E-state index is 11.6. The van der Waals surface area contributed by atoms with Crippen molar-refractivity contribution in [1.29, 1.82) is 0 Å². The summed E-state index contributed by atoms with van der Waals surface area (Å²) in [4.78, 5) is 15.8. The lowest BCUT2D eigenvalue weighted by atomic mass is 10.2. The molecule has 6 heteroatoms. The summed E-state index contributed by atoms with van der Waals surface area (Å²) < 4.78 is 0. The molecule has 0 saturated heterocycles. The van der Waals surface area contributed by atoms with Crippen LogP contribution in [0.25, 0.3) is 0 Å². The minimum Gasteiger partial charge on any atom is -0.354 e. The van der Waals surface area contributed by atoms with Crippen LogP contribution in [0.1, 0.15) is 19.4 Å². The predicted molar refractivity (Wildman–Crippen MR) is 91.0 cm³/mol. The molecular weight excluding hydrogens is 300 g/mol. The number of nitrogens with zero attached hydrogens (tertiary/aromatic N) is 1. The fourth-order valence-electron chi connectivity index (χ4n) is 1.79. The monoisotopic (exact) mass is 318 g/mol. The Bertz CT molecular complexity index is 656. The molecule has 0 aliphatic heterocycles. The van der Waals surface area contributed by atoms with Crippen molar-refractivity contribution in [3.63, 3.8) is 0 Å². The van der Waals surface area contributed by atoms with Crippen molar-refractivity contribution in [3.05, 3.63) is 47.1 Å². The molecule has 2 aromatic rings. The molecule has 5 nitrogen and oxygen atoms in total. The molecule has 0 fully saturated rings. The Hall–Kier alpha value is -2.27. The van der Waals surface area contributed by atoms with Crippen LogP contribution in [0.3, 0.4) is 0 Å². The Balaban J connectivity index is 1.99. The number of carbonyl (C=O) groups is 1. The molecule has 0 radical (unpaired) electrons. The molecule has 0 spiro atoms. The second kappa shape index (κ2) is 7.13. The number of pyridine rings is 1. The second-order valence-electron chi connectivity index (χ2n) is 5.27. The summed E-state index contributed by atoms with van der Waals surface area (Å²) in [6.07, 6.45) is 1.65. The van der Waals surface area contributed by atoms with E-state index in [0.29, 0.717) is 10.8 Å². The van der Waals surface area contributed by atoms with Gasteiger partial charge in [0.1, 0.15) is 5.82 Å². The largest absolute Gasteiger partial charge is 0.354 e. The lowest BCUT2D eigenvalue weighted by molar-refractivity contribution is 0.250. The number of aromatic nitrogens is 1. The van der Waals surface area contributed by atoms with Gasteiger partial charge in [-0.3, -0.25) is 5.32 Å². The van der Waals surface area contributed by atoms with Gasteiger partial charge in [-0.2, -0.15) is 0 Å². The summed E-state index contributed by atoms with van der Waals surface area (Å²) in [5.74, 6) is 0.491. The van der Waals surface area contributed by atoms with Crippen LogP contribution in [0.5, 0.6) is 0 Å². The Morgan fingerprint density at radius 3 is 2.50 bits per heavy atom. The standard InChI is InChI=1S/C16H19ClN4O/c1-10(2)19-16(22)21-15-7-6-13(9-18-15)20-12-5-4-11(3)14(17)8-12/h4-10,20H,1-3H3,(H2,18,19,21,22). The van der Waals surface area contributed by atoms with Crippen molar-refractivity contribution in [1.82, 2.24) is 10.3 Å². The van der Waals surface area contributed by atoms with E-state index in [9.17, 15) is 4.79 Å². The highest BCUT2D eigenvalue weighted by atomic mass is 35.5. The van der Waals surface area contributed by atoms with Gasteiger partial charge in [-0.15, -0.1) is 0 Å². The second-order valence-corrected chi connectivity index (χ2v) is 5.68. The van der Waals surface area contributed by atoms with Gasteiger partial charge < -0.3 is 10.6 Å². The molecule has 0 bridgehead atoms. The number of amides is 2. The molecule has 0 atom stereocenters. The first-order valence-electron chi connectivity index (χ1n) is 7.01. The van der Waals surface area contributed by atoms with Crippen molar-refractivity contribution < 1.29 is 4.79 Å². The summed E-state index contributed by atoms with van der Waals surface area (Å²) >= 11 is 6.09. The van der Waals surface area contributed by atoms with E-state index in [0.717, 1.165) is 16.9 Å². The molecule has 1 aromatic carbocycles. The average molecular weight is 319 g/mol. The van der Waals surface area contributed by atoms with Gasteiger partial charge in [-0.05, 0) is 50.6 Å². The van der Waals surface area contributed by atoms with Crippen LogP contribution < -0.4 is 16.0 Å². The topological polar surface area (TPSA) is 66.0 Å². The Morgan fingerprint density at radius 1 is 1.18 bits per heavy atom. The van der Waals surface area contributed by atoms with Crippen LogP contribution in [0.4, 0.5) is 22.0 Å². The molecule has 116 valence electrons. The van der Waals surface area contributed by atoms with Crippen LogP contribution in [0, 0.1) is 6.92 Å². The third kappa shape index (κ3) is 4.63. The van der Waals surface area contributed by atoms with Crippen molar-refractivity contribution in [3.8, 4) is 0 Å². The lowest BCUT2D eigenvalue weighted by Gasteiger charge is -2.11. The van der Waals surface area contributed by atoms with E-state index in [1.807, 2.05) is 45.0 Å². The summed E-state index contributed by atoms with van der Waals surface area (Å²) in [6.45, 7) is 5.75. The van der Waals surface area contributed by atoms with Crippen molar-refractivity contribution >= 4 is 34.8 Å². The average Bonchev–Trinajstić information content (AvgIpc) is 2.44. The van der Waals surface area contributed by atoms with Gasteiger partial charge in [-0.25, -0.2) is 9.78 Å². The molecule has 0 unspecified atom stereocenters. The zero-order valence-corrected chi connectivity index (χ0v) is 13.5. The molecule has 0 aliphatic rings. The molecule has 1 aromatic heterocycles. The summed E-state index contributed by atoms with van der Waals surface area (Å²) in [5, 5.41) is 9.33. The Morgan fingerprint density at radius 2 is 1.91 bits per heavy atom. The van der Waals surface area contributed by atoms with E-state index in [1.165, 1.54) is 0 Å². The van der Waals surface area contributed by atoms with Crippen molar-refractivity contribution in [2.45, 2.75) is 26.8 Å². The number of nitrogens with one attached hydrogen (secondary N) is 3. The number of hydrogen-bond acceptors (Lipinski definition) is 3. The molecule has 0 aliphatic carbocycles. The number of rotatable bonds is 4. The highest BCUT2D eigenvalue weighted by Gasteiger charge is 2.04. The van der Waals surface area contributed by atoms with Crippen LogP contribution in [0.15, 0.2) is 36.5 Å². The maximum Gasteiger partial charge on any atom is 0.320 e. The fraction of sp³-hybridized carbons (Fsp3) is 0.250. The van der Waals surface area contributed by atoms with Crippen LogP contribution in [-0.2, 0) is 0 Å². The highest BCUT2D eigenvalue weighted by Crippen LogP contribution is 2.23. The molecule has 22 heavy (non-hydrogen) atoms. The minimum atomic E-state index is -0.270. The molecule has 3 N–H and O–H groups in total. The quantitative estimate of drug-likeness (QED) is 0.786. The molecule has 2 amide bonds. The van der Waals surface area contributed by atoms with Gasteiger partial charge in [0.15, 0.2) is 0 Å². The fourth-order valence-corrected chi connectivity index (χ4v) is 1.97. The highest BCUT2D eigenvalue weighted by molar-refractivity contribution is 6.31. The van der Waals surface area contributed by atoms with Gasteiger partial charge in [0.2, 0.25) is 0 Å². The Labute approximate surface area is 135 Å². The van der Waals surface area contributed by atoms with E-state index in [4.69, 9.17) is 11.6 Å². The van der Waals surface area contributed by atoms with Crippen molar-refractivity contribution in [2.24, 2.45) is 0 Å². The van der Waals surface area contributed by atoms with E-state index in [-0.39, 0.29) is 12.1 Å². The number of benzene rings is 1. The SMILES string of the molecule is Cc1ccc(Nc2ccc(NC(=O)NC(C)C)nc2)cc1Cl. The maximum absolute atomic E-state index is 11.6. The van der Waals surface area contributed by atoms with Gasteiger partial charge in [0.05, 0.1) is 11.9 Å². The summed E-state index contributed by atoms with van der Waals surface area (Å²) in [7, 11) is 0. The van der Waals surface area contributed by atoms with E-state index in [1.54, 1.807) is 12.3 Å². The van der Waals surface area contributed by atoms with Crippen LogP contribution >= 0.6 is 11.6 Å². The molecule has 1 heterocycles. The zero-order chi connectivity index (χ0) is 16.1. The lowest BCUT2D eigenvalue weighted by Crippen LogP contribution is -2.34. The Kier molecular flexibility index (Phi) is 5.22. The summed E-state index contributed by atoms with van der Waals surface area (Å²) in [5.41, 5.74) is 2.73. The first-order valence-corrected chi connectivity index (χ1v) is 7.38. The van der Waals surface area contributed by atoms with Crippen LogP contribution in [0.2, 0.25) is 5.02 Å². The van der Waals surface area contributed by atoms with Gasteiger partial charge in [0, 0.05) is 16.8 Å². The summed E-state index contributed by atoms with van der Waals surface area (Å²) in [6, 6.07) is 9.14. The van der Waals surface area contributed by atoms with Crippen molar-refractivity contribution in [2.75, 3.05) is 10.6 Å². The first kappa shape index (κ1) is 16.1. The van der Waals surface area contributed by atoms with E-state index >= 15 is 0 Å². The molecular formula is C16H19ClN4O. The first-order chi connectivity index (χ1) is 10.4. The normalized spacial score (nSPS) is 10.4. The van der Waals surface area contributed by atoms with E-state index < -0.39 is 0 Å². The molecule has 0 saturated carbocycles. The van der Waals surface area contributed by atoms with Gasteiger partial charge in [0.25, 0.3) is 0 Å². The van der Waals surface area contributed by atoms with Gasteiger partial charge in [-0.1, -0.05) is 17.7 Å². The number of halogens is 1. The van der Waals surface area contributed by atoms with Gasteiger partial charge >= 0.3 is 6.03 Å². The van der Waals surface area contributed by atoms with E-state index in [2.05, 4.69) is 20.9 Å². The number of aryl methyl sites for hydroxylation is 1. The third-order valence-corrected chi connectivity index (χ3v) is 3.29. The minimum absolute atomic E-state index is 0.0761. The zero-order valence-electron chi connectivity index (χ0n) is 12.8. The smallest absolute Gasteiger partial charge is 0.320 e. The van der Waals surface area contributed by atoms with Crippen LogP contribution in [-0.4, -0.2) is 17.1 Å². The number of carbonyl (C=O) groups excluding carboxylic acids is 1. The predicted octanol–water partition coefficient (Wildman–Crippen LogP) is 4.32.